The summed E-state index contributed by atoms with van der Waals surface area (Å²) >= 11 is 3.36. The summed E-state index contributed by atoms with van der Waals surface area (Å²) in [5, 5.41) is 0. The van der Waals surface area contributed by atoms with Gasteiger partial charge < -0.3 is 9.47 Å². The highest BCUT2D eigenvalue weighted by molar-refractivity contribution is 9.10. The fourth-order valence-electron chi connectivity index (χ4n) is 2.06. The molecule has 0 aliphatic heterocycles. The molecule has 6 nitrogen and oxygen atoms in total. The van der Waals surface area contributed by atoms with E-state index in [1.807, 2.05) is 38.1 Å². The first-order chi connectivity index (χ1) is 12.3. The SMILES string of the molecule is Cc1ccc(OC(C)C(=O)NNC(=O)COc2ccc(Br)cc2C)cc1. The number of hydrogen-bond acceptors (Lipinski definition) is 4. The summed E-state index contributed by atoms with van der Waals surface area (Å²) in [7, 11) is 0. The molecule has 2 aromatic carbocycles. The van der Waals surface area contributed by atoms with Gasteiger partial charge in [-0.3, -0.25) is 20.4 Å². The maximum atomic E-state index is 12.0. The molecule has 2 aromatic rings. The molecular weight excluding hydrogens is 400 g/mol. The summed E-state index contributed by atoms with van der Waals surface area (Å²) in [6.45, 7) is 5.23. The lowest BCUT2D eigenvalue weighted by Crippen LogP contribution is -2.48. The Kier molecular flexibility index (Phi) is 7.03. The molecule has 26 heavy (non-hydrogen) atoms. The van der Waals surface area contributed by atoms with Crippen LogP contribution in [0.3, 0.4) is 0 Å². The lowest BCUT2D eigenvalue weighted by Gasteiger charge is -2.15. The number of hydrogen-bond donors (Lipinski definition) is 2. The van der Waals surface area contributed by atoms with E-state index in [1.165, 1.54) is 0 Å². The van der Waals surface area contributed by atoms with Crippen LogP contribution in [-0.2, 0) is 9.59 Å². The van der Waals surface area contributed by atoms with Crippen LogP contribution >= 0.6 is 15.9 Å². The van der Waals surface area contributed by atoms with Gasteiger partial charge in [-0.1, -0.05) is 33.6 Å². The second kappa shape index (κ2) is 9.24. The van der Waals surface area contributed by atoms with Crippen molar-refractivity contribution >= 4 is 27.7 Å². The molecule has 7 heteroatoms. The fourth-order valence-corrected chi connectivity index (χ4v) is 2.54. The van der Waals surface area contributed by atoms with Crippen LogP contribution in [0.25, 0.3) is 0 Å². The molecule has 0 aliphatic rings. The topological polar surface area (TPSA) is 76.7 Å². The van der Waals surface area contributed by atoms with E-state index in [1.54, 1.807) is 25.1 Å². The van der Waals surface area contributed by atoms with Gasteiger partial charge in [0, 0.05) is 4.47 Å². The predicted molar refractivity (Wildman–Crippen MR) is 102 cm³/mol. The summed E-state index contributed by atoms with van der Waals surface area (Å²) in [5.41, 5.74) is 6.63. The summed E-state index contributed by atoms with van der Waals surface area (Å²) in [5.74, 6) is 0.256. The zero-order valence-corrected chi connectivity index (χ0v) is 16.4. The van der Waals surface area contributed by atoms with Gasteiger partial charge in [-0.15, -0.1) is 0 Å². The third-order valence-electron chi connectivity index (χ3n) is 3.52. The van der Waals surface area contributed by atoms with Crippen molar-refractivity contribution < 1.29 is 19.1 Å². The van der Waals surface area contributed by atoms with Gasteiger partial charge in [-0.05, 0) is 56.7 Å². The van der Waals surface area contributed by atoms with Crippen LogP contribution in [0.1, 0.15) is 18.1 Å². The van der Waals surface area contributed by atoms with Gasteiger partial charge in [-0.2, -0.15) is 0 Å². The van der Waals surface area contributed by atoms with E-state index in [4.69, 9.17) is 9.47 Å². The Labute approximate surface area is 161 Å². The maximum Gasteiger partial charge on any atom is 0.279 e. The molecule has 2 N–H and O–H groups in total. The van der Waals surface area contributed by atoms with Crippen molar-refractivity contribution in [2.45, 2.75) is 26.9 Å². The van der Waals surface area contributed by atoms with Crippen LogP contribution in [0.4, 0.5) is 0 Å². The van der Waals surface area contributed by atoms with E-state index in [9.17, 15) is 9.59 Å². The Bertz CT molecular complexity index is 778. The molecule has 0 fully saturated rings. The van der Waals surface area contributed by atoms with Crippen LogP contribution in [0.2, 0.25) is 0 Å². The molecule has 2 rings (SSSR count). The fraction of sp³-hybridized carbons (Fsp3) is 0.263. The standard InChI is InChI=1S/C19H21BrN2O4/c1-12-4-7-16(8-5-12)26-14(3)19(24)22-21-18(23)11-25-17-9-6-15(20)10-13(17)2/h4-10,14H,11H2,1-3H3,(H,21,23)(H,22,24). The average Bonchev–Trinajstić information content (AvgIpc) is 2.60. The largest absolute Gasteiger partial charge is 0.483 e. The Hall–Kier alpha value is -2.54. The minimum atomic E-state index is -0.757. The molecule has 138 valence electrons. The minimum absolute atomic E-state index is 0.212. The molecule has 1 atom stereocenters. The van der Waals surface area contributed by atoms with Gasteiger partial charge in [-0.25, -0.2) is 0 Å². The van der Waals surface area contributed by atoms with Gasteiger partial charge in [0.1, 0.15) is 11.5 Å². The highest BCUT2D eigenvalue weighted by Crippen LogP contribution is 2.21. The molecule has 0 saturated carbocycles. The first kappa shape index (κ1) is 19.8. The van der Waals surface area contributed by atoms with E-state index in [0.717, 1.165) is 15.6 Å². The second-order valence-electron chi connectivity index (χ2n) is 5.81. The van der Waals surface area contributed by atoms with Gasteiger partial charge >= 0.3 is 0 Å². The minimum Gasteiger partial charge on any atom is -0.483 e. The molecule has 0 saturated heterocycles. The predicted octanol–water partition coefficient (Wildman–Crippen LogP) is 3.06. The van der Waals surface area contributed by atoms with Gasteiger partial charge in [0.05, 0.1) is 0 Å². The lowest BCUT2D eigenvalue weighted by atomic mass is 10.2. The number of halogens is 1. The number of hydrazine groups is 1. The number of carbonyl (C=O) groups excluding carboxylic acids is 2. The monoisotopic (exact) mass is 420 g/mol. The third-order valence-corrected chi connectivity index (χ3v) is 4.02. The lowest BCUT2D eigenvalue weighted by molar-refractivity contribution is -0.133. The molecule has 0 aliphatic carbocycles. The van der Waals surface area contributed by atoms with E-state index in [2.05, 4.69) is 26.8 Å². The van der Waals surface area contributed by atoms with Crippen LogP contribution < -0.4 is 20.3 Å². The molecule has 0 heterocycles. The van der Waals surface area contributed by atoms with Crippen LogP contribution in [-0.4, -0.2) is 24.5 Å². The third kappa shape index (κ3) is 6.07. The Balaban J connectivity index is 1.75. The highest BCUT2D eigenvalue weighted by atomic mass is 79.9. The molecule has 0 spiro atoms. The summed E-state index contributed by atoms with van der Waals surface area (Å²) < 4.78 is 11.9. The van der Waals surface area contributed by atoms with Crippen molar-refractivity contribution in [1.82, 2.24) is 10.9 Å². The van der Waals surface area contributed by atoms with E-state index < -0.39 is 17.9 Å². The number of ether oxygens (including phenoxy) is 2. The van der Waals surface area contributed by atoms with E-state index in [0.29, 0.717) is 11.5 Å². The highest BCUT2D eigenvalue weighted by Gasteiger charge is 2.15. The Morgan fingerprint density at radius 3 is 2.42 bits per heavy atom. The summed E-state index contributed by atoms with van der Waals surface area (Å²) in [6.07, 6.45) is -0.757. The zero-order chi connectivity index (χ0) is 19.1. The first-order valence-electron chi connectivity index (χ1n) is 8.06. The number of nitrogens with one attached hydrogen (secondary N) is 2. The molecule has 0 aromatic heterocycles. The van der Waals surface area contributed by atoms with Crippen molar-refractivity contribution in [3.05, 3.63) is 58.1 Å². The van der Waals surface area contributed by atoms with E-state index >= 15 is 0 Å². The van der Waals surface area contributed by atoms with Gasteiger partial charge in [0.15, 0.2) is 12.7 Å². The summed E-state index contributed by atoms with van der Waals surface area (Å²) in [4.78, 5) is 23.8. The van der Waals surface area contributed by atoms with Gasteiger partial charge in [0.2, 0.25) is 0 Å². The number of amides is 2. The van der Waals surface area contributed by atoms with Crippen molar-refractivity contribution in [1.29, 1.82) is 0 Å². The number of rotatable bonds is 6. The number of aryl methyl sites for hydroxylation is 2. The van der Waals surface area contributed by atoms with Crippen molar-refractivity contribution in [3.8, 4) is 11.5 Å². The molecule has 1 unspecified atom stereocenters. The van der Waals surface area contributed by atoms with Gasteiger partial charge in [0.25, 0.3) is 11.8 Å². The smallest absolute Gasteiger partial charge is 0.279 e. The molecular formula is C19H21BrN2O4. The normalized spacial score (nSPS) is 11.4. The van der Waals surface area contributed by atoms with Crippen LogP contribution in [0, 0.1) is 13.8 Å². The Morgan fingerprint density at radius 1 is 1.08 bits per heavy atom. The van der Waals surface area contributed by atoms with Crippen LogP contribution in [0.5, 0.6) is 11.5 Å². The van der Waals surface area contributed by atoms with Crippen molar-refractivity contribution in [2.24, 2.45) is 0 Å². The summed E-state index contributed by atoms with van der Waals surface area (Å²) in [6, 6.07) is 12.8. The first-order valence-corrected chi connectivity index (χ1v) is 8.85. The molecule has 0 radical (unpaired) electrons. The number of carbonyl (C=O) groups is 2. The molecule has 0 bridgehead atoms. The van der Waals surface area contributed by atoms with Crippen molar-refractivity contribution in [2.75, 3.05) is 6.61 Å². The Morgan fingerprint density at radius 2 is 1.77 bits per heavy atom. The zero-order valence-electron chi connectivity index (χ0n) is 14.8. The quantitative estimate of drug-likeness (QED) is 0.703. The average molecular weight is 421 g/mol. The second-order valence-corrected chi connectivity index (χ2v) is 6.72. The van der Waals surface area contributed by atoms with Crippen LogP contribution in [0.15, 0.2) is 46.9 Å². The maximum absolute atomic E-state index is 12.0. The van der Waals surface area contributed by atoms with Crippen molar-refractivity contribution in [3.63, 3.8) is 0 Å². The number of benzene rings is 2. The van der Waals surface area contributed by atoms with E-state index in [-0.39, 0.29) is 6.61 Å². The molecule has 2 amide bonds.